The number of alkyl halides is 4. The fraction of sp³-hybridized carbons (Fsp3) is 1.00. The number of rotatable bonds is 0. The molecule has 8 heteroatoms. The van der Waals surface area contributed by atoms with Crippen molar-refractivity contribution in [3.63, 3.8) is 0 Å². The van der Waals surface area contributed by atoms with Gasteiger partial charge in [-0.3, -0.25) is 9.35 Å². The Morgan fingerprint density at radius 2 is 1.33 bits per heavy atom. The molecule has 0 rings (SSSR count). The van der Waals surface area contributed by atoms with Crippen LogP contribution in [0.5, 0.6) is 0 Å². The quantitative estimate of drug-likeness (QED) is 0.415. The summed E-state index contributed by atoms with van der Waals surface area (Å²) in [4.78, 5) is 0. The van der Waals surface area contributed by atoms with E-state index in [1.807, 2.05) is 0 Å². The van der Waals surface area contributed by atoms with E-state index in [4.69, 9.17) is 8.76 Å². The van der Waals surface area contributed by atoms with Gasteiger partial charge in [0.25, 0.3) is 0 Å². The molecule has 0 aromatic rings. The fourth-order valence-electron chi connectivity index (χ4n) is 0. The van der Waals surface area contributed by atoms with Gasteiger partial charge in [-0.05, 0) is 0 Å². The van der Waals surface area contributed by atoms with Crippen molar-refractivity contribution in [3.05, 3.63) is 0 Å². The van der Waals surface area contributed by atoms with Gasteiger partial charge < -0.3 is 4.55 Å². The molecule has 0 aromatic heterocycles. The predicted octanol–water partition coefficient (Wildman–Crippen LogP) is 0.215. The topological polar surface area (TPSA) is 66.2 Å². The van der Waals surface area contributed by atoms with Gasteiger partial charge in [0.15, 0.2) is 0 Å². The maximum Gasteiger partial charge on any atom is 0.559 e. The van der Waals surface area contributed by atoms with E-state index in [2.05, 4.69) is 5.14 Å². The van der Waals surface area contributed by atoms with Gasteiger partial charge in [-0.15, -0.1) is 17.6 Å². The Hall–Kier alpha value is -0.210. The summed E-state index contributed by atoms with van der Waals surface area (Å²) in [5.74, 6) is 0. The van der Waals surface area contributed by atoms with Crippen molar-refractivity contribution in [2.75, 3.05) is 0 Å². The highest BCUT2D eigenvalue weighted by molar-refractivity contribution is 7.76. The third-order valence-electron chi connectivity index (χ3n) is 0. The second-order valence-corrected chi connectivity index (χ2v) is 1.21. The molecule has 3 nitrogen and oxygen atoms in total. The fourth-order valence-corrected chi connectivity index (χ4v) is 0. The van der Waals surface area contributed by atoms with Crippen molar-refractivity contribution in [2.24, 2.45) is 5.14 Å². The van der Waals surface area contributed by atoms with E-state index in [0.717, 1.165) is 0 Å². The molecule has 0 radical (unpaired) electrons. The molecule has 0 spiro atoms. The summed E-state index contributed by atoms with van der Waals surface area (Å²) >= 11 is -2.36. The highest BCUT2D eigenvalue weighted by atomic mass is 32.2. The van der Waals surface area contributed by atoms with Crippen LogP contribution >= 0.6 is 0 Å². The van der Waals surface area contributed by atoms with Crippen LogP contribution in [0.15, 0.2) is 0 Å². The van der Waals surface area contributed by atoms with Crippen LogP contribution in [0, 0.1) is 0 Å². The molecule has 9 heavy (non-hydrogen) atoms. The van der Waals surface area contributed by atoms with Gasteiger partial charge in [-0.2, -0.15) is 0 Å². The van der Waals surface area contributed by atoms with Gasteiger partial charge in [0.1, 0.15) is 0 Å². The highest BCUT2D eigenvalue weighted by Gasteiger charge is 2.24. The first-order valence-electron chi connectivity index (χ1n) is 1.32. The molecule has 0 amide bonds. The standard InChI is InChI=1S/CF4.H3NO2S/c2-1(3,4)5;1-4(2)3/h;1H2,(H,2,3)/p-1. The maximum absolute atomic E-state index is 9.69. The van der Waals surface area contributed by atoms with Gasteiger partial charge in [-0.25, -0.2) is 0 Å². The largest absolute Gasteiger partial charge is 0.760 e. The van der Waals surface area contributed by atoms with Crippen LogP contribution in [-0.2, 0) is 11.3 Å². The third kappa shape index (κ3) is 5920. The van der Waals surface area contributed by atoms with Crippen LogP contribution < -0.4 is 5.14 Å². The zero-order chi connectivity index (χ0) is 8.08. The Morgan fingerprint density at radius 3 is 1.33 bits per heavy atom. The van der Waals surface area contributed by atoms with Gasteiger partial charge in [-0.1, -0.05) is 0 Å². The van der Waals surface area contributed by atoms with E-state index in [0.29, 0.717) is 0 Å². The average molecular weight is 168 g/mol. The Kier molecular flexibility index (Phi) is 5.98. The van der Waals surface area contributed by atoms with E-state index < -0.39 is 17.7 Å². The van der Waals surface area contributed by atoms with Crippen LogP contribution in [0.2, 0.25) is 0 Å². The summed E-state index contributed by atoms with van der Waals surface area (Å²) in [5, 5.41) is 4.03. The van der Waals surface area contributed by atoms with Crippen molar-refractivity contribution in [3.8, 4) is 0 Å². The molecule has 0 aliphatic rings. The van der Waals surface area contributed by atoms with Crippen molar-refractivity contribution in [1.29, 1.82) is 0 Å². The number of nitrogens with two attached hydrogens (primary N) is 1. The van der Waals surface area contributed by atoms with Gasteiger partial charge >= 0.3 is 6.43 Å². The molecule has 58 valence electrons. The van der Waals surface area contributed by atoms with Crippen LogP contribution in [0.25, 0.3) is 0 Å². The second kappa shape index (κ2) is 4.65. The van der Waals surface area contributed by atoms with Crippen molar-refractivity contribution >= 4 is 11.3 Å². The molecular formula is CH2F4NO2S-. The normalized spacial score (nSPS) is 13.6. The van der Waals surface area contributed by atoms with E-state index in [9.17, 15) is 17.6 Å². The van der Waals surface area contributed by atoms with Crippen molar-refractivity contribution < 1.29 is 26.3 Å². The number of hydrogen-bond donors (Lipinski definition) is 1. The molecule has 0 fully saturated rings. The minimum atomic E-state index is -5.50. The molecule has 2 N–H and O–H groups in total. The smallest absolute Gasteiger partial charge is 0.559 e. The second-order valence-electron chi connectivity index (χ2n) is 0.689. The van der Waals surface area contributed by atoms with Crippen LogP contribution in [0.4, 0.5) is 17.6 Å². The first-order valence-corrected chi connectivity index (χ1v) is 2.46. The lowest BCUT2D eigenvalue weighted by molar-refractivity contribution is -0.237. The number of halogens is 4. The first kappa shape index (κ1) is 11.6. The van der Waals surface area contributed by atoms with Crippen LogP contribution in [0.3, 0.4) is 0 Å². The molecule has 0 bridgehead atoms. The summed E-state index contributed by atoms with van der Waals surface area (Å²) in [5.41, 5.74) is 0. The summed E-state index contributed by atoms with van der Waals surface area (Å²) in [6.07, 6.45) is -5.50. The molecule has 0 saturated carbocycles. The molecule has 1 unspecified atom stereocenters. The summed E-state index contributed by atoms with van der Waals surface area (Å²) in [6, 6.07) is 0. The number of hydrogen-bond acceptors (Lipinski definition) is 2. The summed E-state index contributed by atoms with van der Waals surface area (Å²) in [7, 11) is 0. The van der Waals surface area contributed by atoms with Gasteiger partial charge in [0.05, 0.1) is 0 Å². The summed E-state index contributed by atoms with van der Waals surface area (Å²) < 4.78 is 56.3. The predicted molar refractivity (Wildman–Crippen MR) is 20.3 cm³/mol. The van der Waals surface area contributed by atoms with Crippen molar-refractivity contribution in [2.45, 2.75) is 6.43 Å². The zero-order valence-corrected chi connectivity index (χ0v) is 4.63. The van der Waals surface area contributed by atoms with Gasteiger partial charge in [0, 0.05) is 11.3 Å². The van der Waals surface area contributed by atoms with Gasteiger partial charge in [0.2, 0.25) is 0 Å². The Bertz CT molecular complexity index is 81.1. The van der Waals surface area contributed by atoms with Crippen LogP contribution in [0.1, 0.15) is 0 Å². The molecule has 0 saturated heterocycles. The Morgan fingerprint density at radius 1 is 1.33 bits per heavy atom. The summed E-state index contributed by atoms with van der Waals surface area (Å²) in [6.45, 7) is 0. The Labute approximate surface area is 50.3 Å². The molecular weight excluding hydrogens is 166 g/mol. The Balaban J connectivity index is 0. The lowest BCUT2D eigenvalue weighted by Gasteiger charge is -1.85. The van der Waals surface area contributed by atoms with E-state index >= 15 is 0 Å². The monoisotopic (exact) mass is 168 g/mol. The highest BCUT2D eigenvalue weighted by Crippen LogP contribution is 2.13. The molecule has 1 atom stereocenters. The van der Waals surface area contributed by atoms with E-state index in [1.54, 1.807) is 0 Å². The average Bonchev–Trinajstić information content (AvgIpc) is 1.19. The maximum atomic E-state index is 9.69. The van der Waals surface area contributed by atoms with Crippen molar-refractivity contribution in [1.82, 2.24) is 0 Å². The lowest BCUT2D eigenvalue weighted by atomic mass is 11.5. The molecule has 0 heterocycles. The van der Waals surface area contributed by atoms with E-state index in [1.165, 1.54) is 0 Å². The zero-order valence-electron chi connectivity index (χ0n) is 3.81. The minimum Gasteiger partial charge on any atom is -0.760 e. The minimum absolute atomic E-state index is 2.36. The third-order valence-corrected chi connectivity index (χ3v) is 0. The lowest BCUT2D eigenvalue weighted by Crippen LogP contribution is -1.97. The SMILES string of the molecule is FC(F)(F)F.NS(=O)[O-]. The van der Waals surface area contributed by atoms with Crippen LogP contribution in [-0.4, -0.2) is 15.2 Å². The molecule has 0 aliphatic heterocycles. The molecule has 0 aromatic carbocycles. The molecule has 0 aliphatic carbocycles. The van der Waals surface area contributed by atoms with E-state index in [-0.39, 0.29) is 0 Å². The first-order chi connectivity index (χ1) is 3.73.